The van der Waals surface area contributed by atoms with Gasteiger partial charge in [-0.2, -0.15) is 0 Å². The van der Waals surface area contributed by atoms with Gasteiger partial charge in [-0.05, 0) is 70.6 Å². The van der Waals surface area contributed by atoms with Crippen LogP contribution in [0.3, 0.4) is 0 Å². The van der Waals surface area contributed by atoms with E-state index in [1.165, 1.54) is 27.8 Å². The van der Waals surface area contributed by atoms with Crippen molar-refractivity contribution >= 4 is 0 Å². The summed E-state index contributed by atoms with van der Waals surface area (Å²) in [5.74, 6) is 2.81. The van der Waals surface area contributed by atoms with Gasteiger partial charge >= 0.3 is 0 Å². The average Bonchev–Trinajstić information content (AvgIpc) is 3.91. The van der Waals surface area contributed by atoms with E-state index in [1.807, 2.05) is 0 Å². The third kappa shape index (κ3) is 5.26. The second-order valence-electron chi connectivity index (χ2n) is 11.7. The molecule has 4 atom stereocenters. The second kappa shape index (κ2) is 10.8. The van der Waals surface area contributed by atoms with Crippen LogP contribution in [0.2, 0.25) is 0 Å². The van der Waals surface area contributed by atoms with Gasteiger partial charge < -0.3 is 28.4 Å². The maximum absolute atomic E-state index is 6.23. The maximum Gasteiger partial charge on any atom is 0.119 e. The number of hydrogen-bond acceptors (Lipinski definition) is 6. The monoisotopic (exact) mass is 562 g/mol. The first kappa shape index (κ1) is 25.8. The number of fused-ring (bicyclic) bond motifs is 1. The second-order valence-corrected chi connectivity index (χ2v) is 11.7. The van der Waals surface area contributed by atoms with E-state index in [4.69, 9.17) is 28.4 Å². The summed E-state index contributed by atoms with van der Waals surface area (Å²) in [5.41, 5.74) is 5.95. The predicted molar refractivity (Wildman–Crippen MR) is 158 cm³/mol. The number of epoxide rings is 3. The Hall–Kier alpha value is -3.84. The molecule has 3 aliphatic heterocycles. The molecule has 6 heteroatoms. The van der Waals surface area contributed by atoms with Crippen molar-refractivity contribution in [3.05, 3.63) is 125 Å². The molecule has 0 N–H and O–H groups in total. The van der Waals surface area contributed by atoms with E-state index < -0.39 is 5.41 Å². The minimum atomic E-state index is -0.401. The summed E-state index contributed by atoms with van der Waals surface area (Å²) in [6, 6.07) is 34.7. The van der Waals surface area contributed by atoms with Gasteiger partial charge in [0, 0.05) is 11.3 Å². The molecule has 6 nitrogen and oxygen atoms in total. The molecule has 3 fully saturated rings. The van der Waals surface area contributed by atoms with Crippen molar-refractivity contribution in [1.82, 2.24) is 0 Å². The smallest absolute Gasteiger partial charge is 0.119 e. The SMILES string of the molecule is c1ccc(C2CC(c3ccc(OCC4CO4)cc3)(c3ccc(OCC4CO4)cc3)c3cc(OCC4CO4)ccc32)cc1. The van der Waals surface area contributed by atoms with Gasteiger partial charge in [-0.15, -0.1) is 0 Å². The quantitative estimate of drug-likeness (QED) is 0.201. The molecule has 0 aromatic heterocycles. The molecule has 0 amide bonds. The van der Waals surface area contributed by atoms with Gasteiger partial charge in [-0.1, -0.05) is 60.7 Å². The zero-order chi connectivity index (χ0) is 27.9. The van der Waals surface area contributed by atoms with Gasteiger partial charge in [-0.3, -0.25) is 0 Å². The summed E-state index contributed by atoms with van der Waals surface area (Å²) < 4.78 is 34.3. The Morgan fingerprint density at radius 2 is 1.05 bits per heavy atom. The number of hydrogen-bond donors (Lipinski definition) is 0. The van der Waals surface area contributed by atoms with Crippen LogP contribution in [0.25, 0.3) is 0 Å². The zero-order valence-corrected chi connectivity index (χ0v) is 23.4. The summed E-state index contributed by atoms with van der Waals surface area (Å²) in [6.07, 6.45) is 1.53. The van der Waals surface area contributed by atoms with Crippen molar-refractivity contribution in [1.29, 1.82) is 0 Å². The minimum Gasteiger partial charge on any atom is -0.491 e. The summed E-state index contributed by atoms with van der Waals surface area (Å²) in [4.78, 5) is 0. The Morgan fingerprint density at radius 3 is 1.55 bits per heavy atom. The fourth-order valence-corrected chi connectivity index (χ4v) is 6.25. The summed E-state index contributed by atoms with van der Waals surface area (Å²) in [7, 11) is 0. The fraction of sp³-hybridized carbons (Fsp3) is 0.333. The molecule has 4 aromatic carbocycles. The lowest BCUT2D eigenvalue weighted by Crippen LogP contribution is -2.27. The average molecular weight is 563 g/mol. The zero-order valence-electron chi connectivity index (χ0n) is 23.4. The molecule has 0 saturated carbocycles. The molecular weight excluding hydrogens is 528 g/mol. The predicted octanol–water partition coefficient (Wildman–Crippen LogP) is 5.89. The molecule has 8 rings (SSSR count). The van der Waals surface area contributed by atoms with Gasteiger partial charge in [0.1, 0.15) is 55.4 Å². The van der Waals surface area contributed by atoms with Crippen molar-refractivity contribution in [3.8, 4) is 17.2 Å². The third-order valence-electron chi connectivity index (χ3n) is 8.78. The Morgan fingerprint density at radius 1 is 0.571 bits per heavy atom. The maximum atomic E-state index is 6.23. The van der Waals surface area contributed by atoms with E-state index in [2.05, 4.69) is 97.1 Å². The van der Waals surface area contributed by atoms with Crippen LogP contribution in [0.15, 0.2) is 97.1 Å². The fourth-order valence-electron chi connectivity index (χ4n) is 6.25. The molecule has 0 bridgehead atoms. The van der Waals surface area contributed by atoms with E-state index in [0.717, 1.165) is 43.5 Å². The number of benzene rings is 4. The Balaban J connectivity index is 1.22. The van der Waals surface area contributed by atoms with E-state index in [0.29, 0.717) is 19.8 Å². The van der Waals surface area contributed by atoms with Crippen LogP contribution >= 0.6 is 0 Å². The normalized spacial score (nSPS) is 26.8. The van der Waals surface area contributed by atoms with Crippen molar-refractivity contribution in [2.75, 3.05) is 39.6 Å². The molecule has 4 aromatic rings. The molecule has 3 heterocycles. The third-order valence-corrected chi connectivity index (χ3v) is 8.78. The van der Waals surface area contributed by atoms with Crippen molar-refractivity contribution in [3.63, 3.8) is 0 Å². The van der Waals surface area contributed by atoms with E-state index in [1.54, 1.807) is 0 Å². The van der Waals surface area contributed by atoms with Gasteiger partial charge in [0.15, 0.2) is 0 Å². The molecule has 214 valence electrons. The van der Waals surface area contributed by atoms with Gasteiger partial charge in [0.25, 0.3) is 0 Å². The molecule has 4 aliphatic rings. The van der Waals surface area contributed by atoms with E-state index >= 15 is 0 Å². The molecule has 0 radical (unpaired) electrons. The highest BCUT2D eigenvalue weighted by atomic mass is 16.6. The molecule has 1 aliphatic carbocycles. The van der Waals surface area contributed by atoms with Crippen LogP contribution in [0.5, 0.6) is 17.2 Å². The standard InChI is InChI=1S/C36H34O6/c1-2-4-24(5-3-1)34-17-36(25-6-10-27(11-7-25)37-18-30-21-40-30,26-8-12-28(13-9-26)38-19-31-22-41-31)35-16-29(14-15-33(34)35)39-20-32-23-42-32/h1-16,30-32,34H,17-23H2. The van der Waals surface area contributed by atoms with Crippen LogP contribution in [0.1, 0.15) is 40.2 Å². The largest absolute Gasteiger partial charge is 0.491 e. The van der Waals surface area contributed by atoms with Gasteiger partial charge in [0.2, 0.25) is 0 Å². The van der Waals surface area contributed by atoms with E-state index in [9.17, 15) is 0 Å². The molecule has 42 heavy (non-hydrogen) atoms. The minimum absolute atomic E-state index is 0.197. The first-order valence-corrected chi connectivity index (χ1v) is 14.9. The van der Waals surface area contributed by atoms with Crippen molar-refractivity contribution in [2.45, 2.75) is 36.1 Å². The summed E-state index contributed by atoms with van der Waals surface area (Å²) >= 11 is 0. The van der Waals surface area contributed by atoms with Crippen molar-refractivity contribution in [2.24, 2.45) is 0 Å². The molecule has 0 spiro atoms. The Kier molecular flexibility index (Phi) is 6.63. The first-order valence-electron chi connectivity index (χ1n) is 14.9. The number of ether oxygens (including phenoxy) is 6. The first-order chi connectivity index (χ1) is 20.7. The molecular formula is C36H34O6. The highest BCUT2D eigenvalue weighted by Crippen LogP contribution is 2.56. The summed E-state index contributed by atoms with van der Waals surface area (Å²) in [6.45, 7) is 4.08. The van der Waals surface area contributed by atoms with Gasteiger partial charge in [0.05, 0.1) is 19.8 Å². The lowest BCUT2D eigenvalue weighted by molar-refractivity contribution is 0.262. The highest BCUT2D eigenvalue weighted by molar-refractivity contribution is 5.62. The highest BCUT2D eigenvalue weighted by Gasteiger charge is 2.47. The van der Waals surface area contributed by atoms with Crippen molar-refractivity contribution < 1.29 is 28.4 Å². The Labute approximate surface area is 246 Å². The molecule has 3 saturated heterocycles. The Bertz CT molecular complexity index is 1460. The van der Waals surface area contributed by atoms with Crippen LogP contribution in [0.4, 0.5) is 0 Å². The lowest BCUT2D eigenvalue weighted by atomic mass is 9.69. The van der Waals surface area contributed by atoms with Crippen LogP contribution < -0.4 is 14.2 Å². The summed E-state index contributed by atoms with van der Waals surface area (Å²) in [5, 5.41) is 0. The van der Waals surface area contributed by atoms with Crippen LogP contribution in [-0.2, 0) is 19.6 Å². The van der Waals surface area contributed by atoms with Crippen LogP contribution in [0, 0.1) is 0 Å². The topological polar surface area (TPSA) is 65.3 Å². The lowest BCUT2D eigenvalue weighted by Gasteiger charge is -2.33. The van der Waals surface area contributed by atoms with Crippen LogP contribution in [-0.4, -0.2) is 58.0 Å². The van der Waals surface area contributed by atoms with Gasteiger partial charge in [-0.25, -0.2) is 0 Å². The molecule has 4 unspecified atom stereocenters. The number of rotatable bonds is 12. The van der Waals surface area contributed by atoms with E-state index in [-0.39, 0.29) is 24.2 Å².